The van der Waals surface area contributed by atoms with Gasteiger partial charge in [0.1, 0.15) is 0 Å². The van der Waals surface area contributed by atoms with Crippen LogP contribution in [0, 0.1) is 11.3 Å². The molecule has 0 radical (unpaired) electrons. The van der Waals surface area contributed by atoms with E-state index in [1.54, 1.807) is 29.2 Å². The third-order valence-electron chi connectivity index (χ3n) is 5.22. The standard InChI is InChI=1S/C22H18ClN3O3S/c1-29-22(28)15-4-8-17(9-5-15)25-12-26-20(27)10-18(14-2-6-16(23)7-3-14)19(11-24)21(26)30-13-25/h2-9,18H,10,12-13H2,1H3/t18-/m1/s1. The molecule has 2 aromatic rings. The van der Waals surface area contributed by atoms with Crippen LogP contribution in [0.25, 0.3) is 0 Å². The molecule has 1 atom stereocenters. The van der Waals surface area contributed by atoms with E-state index in [0.717, 1.165) is 16.3 Å². The number of carbonyl (C=O) groups is 2. The van der Waals surface area contributed by atoms with Crippen LogP contribution in [0.4, 0.5) is 5.69 Å². The summed E-state index contributed by atoms with van der Waals surface area (Å²) in [7, 11) is 1.34. The fourth-order valence-electron chi connectivity index (χ4n) is 3.63. The summed E-state index contributed by atoms with van der Waals surface area (Å²) in [6.07, 6.45) is 0.240. The Morgan fingerprint density at radius 3 is 2.53 bits per heavy atom. The van der Waals surface area contributed by atoms with Gasteiger partial charge in [0.2, 0.25) is 5.91 Å². The number of anilines is 1. The third-order valence-corrected chi connectivity index (χ3v) is 6.63. The van der Waals surface area contributed by atoms with Gasteiger partial charge in [0, 0.05) is 23.0 Å². The molecule has 2 aliphatic rings. The second kappa shape index (κ2) is 8.42. The maximum absolute atomic E-state index is 13.0. The molecule has 0 aromatic heterocycles. The summed E-state index contributed by atoms with van der Waals surface area (Å²) >= 11 is 7.46. The van der Waals surface area contributed by atoms with Crippen LogP contribution < -0.4 is 4.90 Å². The summed E-state index contributed by atoms with van der Waals surface area (Å²) in [6, 6.07) is 16.7. The zero-order valence-electron chi connectivity index (χ0n) is 16.2. The SMILES string of the molecule is COC(=O)c1ccc(N2CSC3=C(C#N)[C@@H](c4ccc(Cl)cc4)CC(=O)N3C2)cc1. The summed E-state index contributed by atoms with van der Waals surface area (Å²) in [4.78, 5) is 28.3. The van der Waals surface area contributed by atoms with E-state index >= 15 is 0 Å². The van der Waals surface area contributed by atoms with Gasteiger partial charge in [-0.1, -0.05) is 35.5 Å². The highest BCUT2D eigenvalue weighted by atomic mass is 35.5. The number of halogens is 1. The van der Waals surface area contributed by atoms with Crippen molar-refractivity contribution in [1.29, 1.82) is 5.26 Å². The van der Waals surface area contributed by atoms with E-state index in [2.05, 4.69) is 6.07 Å². The lowest BCUT2D eigenvalue weighted by atomic mass is 9.86. The van der Waals surface area contributed by atoms with Crippen LogP contribution in [0.2, 0.25) is 5.02 Å². The minimum absolute atomic E-state index is 0.0210. The van der Waals surface area contributed by atoms with Crippen LogP contribution >= 0.6 is 23.4 Å². The number of allylic oxidation sites excluding steroid dienone is 1. The monoisotopic (exact) mass is 439 g/mol. The first kappa shape index (κ1) is 20.3. The number of fused-ring (bicyclic) bond motifs is 1. The number of benzene rings is 2. The quantitative estimate of drug-likeness (QED) is 0.662. The van der Waals surface area contributed by atoms with Crippen LogP contribution in [0.1, 0.15) is 28.3 Å². The van der Waals surface area contributed by atoms with Gasteiger partial charge in [-0.25, -0.2) is 4.79 Å². The Balaban J connectivity index is 1.59. The number of rotatable bonds is 3. The zero-order valence-corrected chi connectivity index (χ0v) is 17.7. The average Bonchev–Trinajstić information content (AvgIpc) is 2.79. The fourth-order valence-corrected chi connectivity index (χ4v) is 4.93. The Hall–Kier alpha value is -2.95. The summed E-state index contributed by atoms with van der Waals surface area (Å²) in [6.45, 7) is 0.358. The summed E-state index contributed by atoms with van der Waals surface area (Å²) in [5.74, 6) is -0.0792. The lowest BCUT2D eigenvalue weighted by molar-refractivity contribution is -0.129. The number of nitrogens with zero attached hydrogens (tertiary/aromatic N) is 3. The lowest BCUT2D eigenvalue weighted by Crippen LogP contribution is -2.47. The molecule has 0 bridgehead atoms. The Labute approximate surface area is 183 Å². The largest absolute Gasteiger partial charge is 0.465 e. The zero-order chi connectivity index (χ0) is 21.3. The summed E-state index contributed by atoms with van der Waals surface area (Å²) in [5.41, 5.74) is 2.89. The van der Waals surface area contributed by atoms with Crippen LogP contribution in [0.5, 0.6) is 0 Å². The van der Waals surface area contributed by atoms with E-state index in [0.29, 0.717) is 28.7 Å². The van der Waals surface area contributed by atoms with Gasteiger partial charge in [-0.05, 0) is 42.0 Å². The Morgan fingerprint density at radius 2 is 1.90 bits per heavy atom. The third kappa shape index (κ3) is 3.76. The molecule has 30 heavy (non-hydrogen) atoms. The predicted molar refractivity (Wildman–Crippen MR) is 116 cm³/mol. The van der Waals surface area contributed by atoms with Crippen molar-refractivity contribution in [3.8, 4) is 6.07 Å². The van der Waals surface area contributed by atoms with Crippen molar-refractivity contribution in [2.45, 2.75) is 12.3 Å². The van der Waals surface area contributed by atoms with Crippen molar-refractivity contribution >= 4 is 40.9 Å². The molecule has 1 saturated heterocycles. The van der Waals surface area contributed by atoms with Gasteiger partial charge in [-0.2, -0.15) is 5.26 Å². The van der Waals surface area contributed by atoms with Crippen molar-refractivity contribution in [3.05, 3.63) is 75.3 Å². The first-order chi connectivity index (χ1) is 14.5. The van der Waals surface area contributed by atoms with E-state index in [1.165, 1.54) is 18.9 Å². The van der Waals surface area contributed by atoms with E-state index in [1.807, 2.05) is 29.2 Å². The number of nitriles is 1. The van der Waals surface area contributed by atoms with Crippen molar-refractivity contribution in [1.82, 2.24) is 4.90 Å². The van der Waals surface area contributed by atoms with E-state index in [-0.39, 0.29) is 18.2 Å². The maximum atomic E-state index is 13.0. The molecule has 0 unspecified atom stereocenters. The van der Waals surface area contributed by atoms with E-state index in [9.17, 15) is 14.9 Å². The van der Waals surface area contributed by atoms with Crippen LogP contribution in [0.15, 0.2) is 59.1 Å². The summed E-state index contributed by atoms with van der Waals surface area (Å²) < 4.78 is 4.73. The molecular formula is C22H18ClN3O3S. The van der Waals surface area contributed by atoms with Crippen LogP contribution in [-0.4, -0.2) is 36.4 Å². The van der Waals surface area contributed by atoms with Gasteiger partial charge in [0.05, 0.1) is 41.9 Å². The minimum atomic E-state index is -0.391. The number of thioether (sulfide) groups is 1. The van der Waals surface area contributed by atoms with Crippen LogP contribution in [0.3, 0.4) is 0 Å². The van der Waals surface area contributed by atoms with Crippen molar-refractivity contribution < 1.29 is 14.3 Å². The van der Waals surface area contributed by atoms with Gasteiger partial charge in [0.25, 0.3) is 0 Å². The number of methoxy groups -OCH3 is 1. The van der Waals surface area contributed by atoms with Gasteiger partial charge < -0.3 is 9.64 Å². The molecular weight excluding hydrogens is 422 g/mol. The van der Waals surface area contributed by atoms with Crippen molar-refractivity contribution in [2.75, 3.05) is 24.6 Å². The molecule has 0 spiro atoms. The maximum Gasteiger partial charge on any atom is 0.337 e. The van der Waals surface area contributed by atoms with Crippen molar-refractivity contribution in [2.24, 2.45) is 0 Å². The van der Waals surface area contributed by atoms with E-state index in [4.69, 9.17) is 16.3 Å². The first-order valence-corrected chi connectivity index (χ1v) is 10.6. The fraction of sp³-hybridized carbons (Fsp3) is 0.227. The molecule has 1 fully saturated rings. The number of hydrogen-bond donors (Lipinski definition) is 0. The molecule has 2 heterocycles. The van der Waals surface area contributed by atoms with Crippen LogP contribution in [-0.2, 0) is 9.53 Å². The Morgan fingerprint density at radius 1 is 1.20 bits per heavy atom. The number of amides is 1. The molecule has 0 aliphatic carbocycles. The normalized spacial score (nSPS) is 18.7. The Bertz CT molecular complexity index is 1060. The van der Waals surface area contributed by atoms with Gasteiger partial charge in [-0.3, -0.25) is 9.69 Å². The number of carbonyl (C=O) groups excluding carboxylic acids is 2. The smallest absolute Gasteiger partial charge is 0.337 e. The number of hydrogen-bond acceptors (Lipinski definition) is 6. The number of ether oxygens (including phenoxy) is 1. The molecule has 2 aromatic carbocycles. The van der Waals surface area contributed by atoms with E-state index < -0.39 is 5.97 Å². The molecule has 0 N–H and O–H groups in total. The highest BCUT2D eigenvalue weighted by Crippen LogP contribution is 2.43. The van der Waals surface area contributed by atoms with Crippen molar-refractivity contribution in [3.63, 3.8) is 0 Å². The number of esters is 1. The second-order valence-corrected chi connectivity index (χ2v) is 8.32. The molecule has 2 aliphatic heterocycles. The predicted octanol–water partition coefficient (Wildman–Crippen LogP) is 4.35. The molecule has 152 valence electrons. The minimum Gasteiger partial charge on any atom is -0.465 e. The van der Waals surface area contributed by atoms with Gasteiger partial charge >= 0.3 is 5.97 Å². The highest BCUT2D eigenvalue weighted by molar-refractivity contribution is 8.03. The lowest BCUT2D eigenvalue weighted by Gasteiger charge is -2.42. The molecule has 6 nitrogen and oxygen atoms in total. The Kier molecular flexibility index (Phi) is 5.71. The average molecular weight is 440 g/mol. The summed E-state index contributed by atoms with van der Waals surface area (Å²) in [5, 5.41) is 11.2. The van der Waals surface area contributed by atoms with Gasteiger partial charge in [-0.15, -0.1) is 0 Å². The molecule has 0 saturated carbocycles. The first-order valence-electron chi connectivity index (χ1n) is 9.28. The topological polar surface area (TPSA) is 73.6 Å². The molecule has 1 amide bonds. The molecule has 8 heteroatoms. The van der Waals surface area contributed by atoms with Gasteiger partial charge in [0.15, 0.2) is 0 Å². The second-order valence-electron chi connectivity index (χ2n) is 6.95. The molecule has 4 rings (SSSR count). The highest BCUT2D eigenvalue weighted by Gasteiger charge is 2.38.